The van der Waals surface area contributed by atoms with E-state index in [1.54, 1.807) is 0 Å². The lowest BCUT2D eigenvalue weighted by Gasteiger charge is -2.19. The third-order valence-corrected chi connectivity index (χ3v) is 0.930. The molecule has 11 heteroatoms. The third-order valence-electron chi connectivity index (χ3n) is 0.612. The van der Waals surface area contributed by atoms with Gasteiger partial charge >= 0.3 is 0 Å². The zero-order valence-corrected chi connectivity index (χ0v) is 6.39. The van der Waals surface area contributed by atoms with Crippen molar-refractivity contribution in [3.05, 3.63) is 0 Å². The normalized spacial score (nSPS) is 11.2. The molecule has 0 aliphatic carbocycles. The summed E-state index contributed by atoms with van der Waals surface area (Å²) in [5.41, 5.74) is 0. The first-order chi connectivity index (χ1) is 5.24. The number of halogens is 1. The van der Waals surface area contributed by atoms with Crippen LogP contribution in [0, 0.1) is 15.7 Å². The fraction of sp³-hybridized carbons (Fsp3) is 0. The molecule has 0 heterocycles. The van der Waals surface area contributed by atoms with Gasteiger partial charge in [-0.05, 0) is 5.17 Å². The minimum atomic E-state index is -4.77. The molecule has 0 bridgehead atoms. The van der Waals surface area contributed by atoms with Crippen LogP contribution in [0.5, 0.6) is 0 Å². The highest BCUT2D eigenvalue weighted by Gasteiger charge is 2.27. The maximum absolute atomic E-state index is 9.84. The lowest BCUT2D eigenvalue weighted by Crippen LogP contribution is -2.66. The number of hydrogen-bond donors (Lipinski definition) is 4. The molecule has 0 aromatic carbocycles. The molecule has 0 aliphatic rings. The van der Waals surface area contributed by atoms with Crippen LogP contribution in [0.2, 0.25) is 0 Å². The molecule has 0 atom stereocenters. The monoisotopic (exact) mass is 202 g/mol. The molecule has 12 heavy (non-hydrogen) atoms. The molecular weight excluding hydrogens is 196 g/mol. The molecule has 0 unspecified atom stereocenters. The van der Waals surface area contributed by atoms with Crippen molar-refractivity contribution >= 4 is 5.96 Å². The van der Waals surface area contributed by atoms with Gasteiger partial charge in [0.2, 0.25) is 4.39 Å². The Morgan fingerprint density at radius 1 is 1.25 bits per heavy atom. The Balaban J connectivity index is 4.05. The molecule has 0 amide bonds. The summed E-state index contributed by atoms with van der Waals surface area (Å²) in [5.74, 6) is 13.3. The van der Waals surface area contributed by atoms with Gasteiger partial charge in [-0.25, -0.2) is 22.6 Å². The van der Waals surface area contributed by atoms with E-state index in [0.29, 0.717) is 0 Å². The predicted octanol–water partition coefficient (Wildman–Crippen LogP) is -6.02. The fourth-order valence-electron chi connectivity index (χ4n) is 0.238. The SMILES string of the molecule is N=C(N(N)N)N(N)O[Cl+3]([O-])([O-])[O-]. The Morgan fingerprint density at radius 3 is 1.92 bits per heavy atom. The summed E-state index contributed by atoms with van der Waals surface area (Å²) in [6, 6.07) is 0. The van der Waals surface area contributed by atoms with Gasteiger partial charge in [-0.1, -0.05) is 0 Å². The highest BCUT2D eigenvalue weighted by molar-refractivity contribution is 5.73. The Hall–Kier alpha value is -0.720. The van der Waals surface area contributed by atoms with Crippen molar-refractivity contribution in [1.82, 2.24) is 10.3 Å². The highest BCUT2D eigenvalue weighted by atomic mass is 35.7. The van der Waals surface area contributed by atoms with E-state index in [9.17, 15) is 14.0 Å². The van der Waals surface area contributed by atoms with E-state index in [0.717, 1.165) is 0 Å². The van der Waals surface area contributed by atoms with E-state index in [-0.39, 0.29) is 10.3 Å². The third kappa shape index (κ3) is 4.22. The molecule has 0 spiro atoms. The standard InChI is InChI=1S/CH7ClN6O4/c3-1(7(4)5)8(6)12-2(9,10)11/h3H,4-6H2. The second-order valence-corrected chi connectivity index (χ2v) is 2.40. The van der Waals surface area contributed by atoms with Gasteiger partial charge in [-0.3, -0.25) is 5.41 Å². The zero-order chi connectivity index (χ0) is 9.94. The van der Waals surface area contributed by atoms with Crippen LogP contribution in [0.4, 0.5) is 0 Å². The van der Waals surface area contributed by atoms with Crippen LogP contribution in [-0.2, 0) is 4.39 Å². The first-order valence-electron chi connectivity index (χ1n) is 2.27. The van der Waals surface area contributed by atoms with Crippen LogP contribution in [-0.4, -0.2) is 16.2 Å². The zero-order valence-electron chi connectivity index (χ0n) is 5.64. The average Bonchev–Trinajstić information content (AvgIpc) is 1.82. The fourth-order valence-corrected chi connectivity index (χ4v) is 0.485. The number of nitrogens with one attached hydrogen (secondary N) is 1. The van der Waals surface area contributed by atoms with E-state index in [1.165, 1.54) is 0 Å². The maximum atomic E-state index is 9.84. The summed E-state index contributed by atoms with van der Waals surface area (Å²) in [4.78, 5) is 0. The summed E-state index contributed by atoms with van der Waals surface area (Å²) in [6.07, 6.45) is 0. The van der Waals surface area contributed by atoms with Gasteiger partial charge < -0.3 is 0 Å². The largest absolute Gasteiger partial charge is 0.278 e. The minimum absolute atomic E-state index is 0.153. The van der Waals surface area contributed by atoms with Gasteiger partial charge in [-0.15, -0.1) is 0 Å². The van der Waals surface area contributed by atoms with Crippen LogP contribution in [0.25, 0.3) is 0 Å². The molecule has 0 saturated heterocycles. The minimum Gasteiger partial charge on any atom is -0.263 e. The number of nitrogens with two attached hydrogens (primary N) is 3. The van der Waals surface area contributed by atoms with E-state index in [2.05, 4.69) is 4.39 Å². The summed E-state index contributed by atoms with van der Waals surface area (Å²) in [7, 11) is -4.77. The molecule has 0 rings (SSSR count). The molecule has 0 aromatic heterocycles. The van der Waals surface area contributed by atoms with E-state index in [1.807, 2.05) is 0 Å². The number of guanidine groups is 1. The van der Waals surface area contributed by atoms with Crippen molar-refractivity contribution in [2.24, 2.45) is 17.5 Å². The maximum Gasteiger partial charge on any atom is 0.278 e. The molecule has 10 nitrogen and oxygen atoms in total. The molecule has 0 saturated carbocycles. The first-order valence-corrected chi connectivity index (χ1v) is 3.51. The Morgan fingerprint density at radius 2 is 1.67 bits per heavy atom. The Kier molecular flexibility index (Phi) is 3.56. The predicted molar refractivity (Wildman–Crippen MR) is 25.1 cm³/mol. The van der Waals surface area contributed by atoms with E-state index >= 15 is 0 Å². The Bertz CT molecular complexity index is 165. The van der Waals surface area contributed by atoms with Crippen molar-refractivity contribution in [2.75, 3.05) is 0 Å². The molecule has 0 aromatic rings. The van der Waals surface area contributed by atoms with Gasteiger partial charge in [0.05, 0.1) is 0 Å². The lowest BCUT2D eigenvalue weighted by molar-refractivity contribution is -1.92. The number of hydrazine groups is 3. The van der Waals surface area contributed by atoms with Crippen LogP contribution in [0.3, 0.4) is 0 Å². The summed E-state index contributed by atoms with van der Waals surface area (Å²) < 4.78 is 33.0. The average molecular weight is 203 g/mol. The summed E-state index contributed by atoms with van der Waals surface area (Å²) in [6.45, 7) is 0. The van der Waals surface area contributed by atoms with Crippen molar-refractivity contribution in [2.45, 2.75) is 0 Å². The molecular formula is CH7ClN6O4. The molecule has 72 valence electrons. The van der Waals surface area contributed by atoms with E-state index in [4.69, 9.17) is 22.9 Å². The summed E-state index contributed by atoms with van der Waals surface area (Å²) in [5, 5.41) is 6.72. The Labute approximate surface area is 68.8 Å². The van der Waals surface area contributed by atoms with Gasteiger partial charge in [0.25, 0.3) is 5.96 Å². The first kappa shape index (κ1) is 11.3. The smallest absolute Gasteiger partial charge is 0.263 e. The molecule has 0 aliphatic heterocycles. The van der Waals surface area contributed by atoms with Crippen LogP contribution >= 0.6 is 0 Å². The number of nitrogens with zero attached hydrogens (tertiary/aromatic N) is 2. The van der Waals surface area contributed by atoms with Crippen molar-refractivity contribution < 1.29 is 28.6 Å². The topological polar surface area (TPSA) is 187 Å². The second-order valence-electron chi connectivity index (χ2n) is 1.50. The highest BCUT2D eigenvalue weighted by Crippen LogP contribution is 1.91. The van der Waals surface area contributed by atoms with Gasteiger partial charge in [0, 0.05) is 0 Å². The summed E-state index contributed by atoms with van der Waals surface area (Å²) >= 11 is 0. The van der Waals surface area contributed by atoms with Crippen molar-refractivity contribution in [3.8, 4) is 0 Å². The van der Waals surface area contributed by atoms with Crippen LogP contribution in [0.1, 0.15) is 0 Å². The quantitative estimate of drug-likeness (QED) is 0.146. The second kappa shape index (κ2) is 3.79. The number of rotatable bonds is 2. The molecule has 0 radical (unpaired) electrons. The number of hydroxylamine groups is 1. The lowest BCUT2D eigenvalue weighted by atomic mass is 11.0. The van der Waals surface area contributed by atoms with Crippen molar-refractivity contribution in [1.29, 1.82) is 5.41 Å². The van der Waals surface area contributed by atoms with Crippen molar-refractivity contribution in [3.63, 3.8) is 0 Å². The van der Waals surface area contributed by atoms with Crippen LogP contribution < -0.4 is 31.5 Å². The molecule has 0 fully saturated rings. The van der Waals surface area contributed by atoms with Gasteiger partial charge in [0.15, 0.2) is 0 Å². The van der Waals surface area contributed by atoms with Gasteiger partial charge in [0.1, 0.15) is 10.2 Å². The van der Waals surface area contributed by atoms with Crippen LogP contribution in [0.15, 0.2) is 0 Å². The van der Waals surface area contributed by atoms with Gasteiger partial charge in [-0.2, -0.15) is 14.0 Å². The van der Waals surface area contributed by atoms with E-state index < -0.39 is 16.2 Å². The molecule has 7 N–H and O–H groups in total. The number of hydrogen-bond acceptors (Lipinski definition) is 8.